The number of carbonyl (C=O) groups excluding carboxylic acids is 1. The molecular weight excluding hydrogens is 346 g/mol. The summed E-state index contributed by atoms with van der Waals surface area (Å²) in [5, 5.41) is 3.61. The monoisotopic (exact) mass is 363 g/mol. The Hall–Kier alpha value is -2.83. The zero-order chi connectivity index (χ0) is 18.4. The van der Waals surface area contributed by atoms with Gasteiger partial charge in [0, 0.05) is 0 Å². The minimum atomic E-state index is -3.75. The van der Waals surface area contributed by atoms with Crippen molar-refractivity contribution >= 4 is 15.9 Å². The van der Waals surface area contributed by atoms with Crippen molar-refractivity contribution in [2.45, 2.75) is 18.7 Å². The van der Waals surface area contributed by atoms with Gasteiger partial charge in [-0.1, -0.05) is 29.1 Å². The Balaban J connectivity index is 1.91. The fourth-order valence-corrected chi connectivity index (χ4v) is 3.33. The van der Waals surface area contributed by atoms with Gasteiger partial charge >= 0.3 is 0 Å². The number of ether oxygens (including phenoxy) is 1. The van der Waals surface area contributed by atoms with Gasteiger partial charge in [0.15, 0.2) is 5.76 Å². The van der Waals surface area contributed by atoms with E-state index >= 15 is 0 Å². The van der Waals surface area contributed by atoms with Gasteiger partial charge in [-0.15, -0.1) is 0 Å². The number of rotatable bonds is 6. The third kappa shape index (κ3) is 4.59. The van der Waals surface area contributed by atoms with Crippen LogP contribution in [-0.2, 0) is 10.0 Å². The minimum Gasteiger partial charge on any atom is -0.480 e. The second kappa shape index (κ2) is 7.83. The average Bonchev–Trinajstić information content (AvgIpc) is 2.90. The summed E-state index contributed by atoms with van der Waals surface area (Å²) in [7, 11) is -3.75. The highest BCUT2D eigenvalue weighted by atomic mass is 32.2. The molecule has 132 valence electrons. The molecule has 0 unspecified atom stereocenters. The normalized spacial score (nSPS) is 10.8. The van der Waals surface area contributed by atoms with Gasteiger partial charge in [-0.3, -0.25) is 4.79 Å². The van der Waals surface area contributed by atoms with E-state index in [-0.39, 0.29) is 35.1 Å². The van der Waals surface area contributed by atoms with E-state index in [0.29, 0.717) is 5.75 Å². The van der Waals surface area contributed by atoms with Gasteiger partial charge in [0.2, 0.25) is 10.0 Å². The summed E-state index contributed by atoms with van der Waals surface area (Å²) in [5.74, 6) is 5.22. The predicted octanol–water partition coefficient (Wildman–Crippen LogP) is 0.751. The van der Waals surface area contributed by atoms with Crippen molar-refractivity contribution in [2.24, 2.45) is 5.73 Å². The molecule has 2 aromatic rings. The average molecular weight is 363 g/mol. The van der Waals surface area contributed by atoms with Crippen molar-refractivity contribution < 1.29 is 22.5 Å². The van der Waals surface area contributed by atoms with Crippen molar-refractivity contribution in [3.63, 3.8) is 0 Å². The maximum Gasteiger partial charge on any atom is 0.252 e. The molecule has 0 radical (unpaired) electrons. The highest BCUT2D eigenvalue weighted by Crippen LogP contribution is 2.18. The SMILES string of the molecule is Cc1noc(C)c1S(=O)(=O)NCC#CCOc1ccccc1C(N)=O. The Bertz CT molecular complexity index is 919. The lowest BCUT2D eigenvalue weighted by Crippen LogP contribution is -2.25. The van der Waals surface area contributed by atoms with E-state index in [1.54, 1.807) is 31.2 Å². The number of nitrogens with two attached hydrogens (primary N) is 1. The zero-order valence-corrected chi connectivity index (χ0v) is 14.5. The van der Waals surface area contributed by atoms with Crippen molar-refractivity contribution in [1.29, 1.82) is 0 Å². The topological polar surface area (TPSA) is 125 Å². The Morgan fingerprint density at radius 1 is 1.32 bits per heavy atom. The van der Waals surface area contributed by atoms with E-state index in [2.05, 4.69) is 21.7 Å². The van der Waals surface area contributed by atoms with Crippen LogP contribution < -0.4 is 15.2 Å². The summed E-state index contributed by atoms with van der Waals surface area (Å²) in [6, 6.07) is 6.51. The number of aryl methyl sites for hydroxylation is 2. The summed E-state index contributed by atoms with van der Waals surface area (Å²) in [6.07, 6.45) is 0. The fraction of sp³-hybridized carbons (Fsp3) is 0.250. The third-order valence-electron chi connectivity index (χ3n) is 3.16. The lowest BCUT2D eigenvalue weighted by Gasteiger charge is -2.05. The molecule has 9 heteroatoms. The van der Waals surface area contributed by atoms with Crippen LogP contribution in [0, 0.1) is 25.7 Å². The van der Waals surface area contributed by atoms with Crippen molar-refractivity contribution in [2.75, 3.05) is 13.2 Å². The molecule has 0 atom stereocenters. The maximum atomic E-state index is 12.1. The first kappa shape index (κ1) is 18.5. The van der Waals surface area contributed by atoms with Crippen LogP contribution in [0.5, 0.6) is 5.75 Å². The highest BCUT2D eigenvalue weighted by Gasteiger charge is 2.23. The Kier molecular flexibility index (Phi) is 5.80. The number of carbonyl (C=O) groups is 1. The van der Waals surface area contributed by atoms with E-state index in [4.69, 9.17) is 15.0 Å². The van der Waals surface area contributed by atoms with E-state index in [1.165, 1.54) is 6.92 Å². The number of hydrogen-bond acceptors (Lipinski definition) is 6. The summed E-state index contributed by atoms with van der Waals surface area (Å²) in [6.45, 7) is 2.94. The van der Waals surface area contributed by atoms with Gasteiger partial charge in [-0.05, 0) is 26.0 Å². The second-order valence-corrected chi connectivity index (χ2v) is 6.68. The maximum absolute atomic E-state index is 12.1. The lowest BCUT2D eigenvalue weighted by atomic mass is 10.2. The summed E-state index contributed by atoms with van der Waals surface area (Å²) in [4.78, 5) is 11.3. The Morgan fingerprint density at radius 3 is 2.68 bits per heavy atom. The molecule has 1 heterocycles. The van der Waals surface area contributed by atoms with Crippen LogP contribution in [0.15, 0.2) is 33.7 Å². The van der Waals surface area contributed by atoms with Crippen LogP contribution in [0.3, 0.4) is 0 Å². The van der Waals surface area contributed by atoms with Gasteiger partial charge in [-0.2, -0.15) is 4.72 Å². The lowest BCUT2D eigenvalue weighted by molar-refractivity contribution is 0.0997. The fourth-order valence-electron chi connectivity index (χ4n) is 2.08. The highest BCUT2D eigenvalue weighted by molar-refractivity contribution is 7.89. The molecule has 8 nitrogen and oxygen atoms in total. The van der Waals surface area contributed by atoms with E-state index < -0.39 is 15.9 Å². The summed E-state index contributed by atoms with van der Waals surface area (Å²) >= 11 is 0. The standard InChI is InChI=1S/C16H17N3O5S/c1-11-15(12(2)24-19-11)25(21,22)18-9-5-6-10-23-14-8-4-3-7-13(14)16(17)20/h3-4,7-8,18H,9-10H2,1-2H3,(H2,17,20). The molecule has 0 fully saturated rings. The Labute approximate surface area is 145 Å². The number of amides is 1. The van der Waals surface area contributed by atoms with Crippen molar-refractivity contribution in [3.05, 3.63) is 41.3 Å². The van der Waals surface area contributed by atoms with Crippen LogP contribution in [0.25, 0.3) is 0 Å². The first-order valence-corrected chi connectivity index (χ1v) is 8.71. The summed E-state index contributed by atoms with van der Waals surface area (Å²) < 4.78 is 36.8. The van der Waals surface area contributed by atoms with Crippen LogP contribution in [0.1, 0.15) is 21.8 Å². The predicted molar refractivity (Wildman–Crippen MR) is 89.4 cm³/mol. The molecule has 1 aromatic heterocycles. The molecule has 0 aliphatic rings. The summed E-state index contributed by atoms with van der Waals surface area (Å²) in [5.41, 5.74) is 5.78. The van der Waals surface area contributed by atoms with Crippen molar-refractivity contribution in [3.8, 4) is 17.6 Å². The van der Waals surface area contributed by atoms with E-state index in [0.717, 1.165) is 0 Å². The molecule has 1 amide bonds. The van der Waals surface area contributed by atoms with Crippen LogP contribution in [0.2, 0.25) is 0 Å². The number of aromatic nitrogens is 1. The van der Waals surface area contributed by atoms with Gasteiger partial charge in [0.05, 0.1) is 12.1 Å². The van der Waals surface area contributed by atoms with Crippen LogP contribution >= 0.6 is 0 Å². The first-order chi connectivity index (χ1) is 11.8. The molecule has 0 spiro atoms. The number of benzene rings is 1. The molecule has 25 heavy (non-hydrogen) atoms. The van der Waals surface area contributed by atoms with Gasteiger partial charge in [0.1, 0.15) is 22.9 Å². The van der Waals surface area contributed by atoms with Crippen LogP contribution in [0.4, 0.5) is 0 Å². The number of sulfonamides is 1. The van der Waals surface area contributed by atoms with Crippen molar-refractivity contribution in [1.82, 2.24) is 9.88 Å². The smallest absolute Gasteiger partial charge is 0.252 e. The number of nitrogens with one attached hydrogen (secondary N) is 1. The zero-order valence-electron chi connectivity index (χ0n) is 13.7. The number of hydrogen-bond donors (Lipinski definition) is 2. The van der Waals surface area contributed by atoms with Gasteiger partial charge in [0.25, 0.3) is 5.91 Å². The molecule has 2 rings (SSSR count). The largest absolute Gasteiger partial charge is 0.480 e. The molecular formula is C16H17N3O5S. The molecule has 0 aliphatic carbocycles. The Morgan fingerprint density at radius 2 is 2.04 bits per heavy atom. The minimum absolute atomic E-state index is 0.0148. The second-order valence-electron chi connectivity index (χ2n) is 4.98. The third-order valence-corrected chi connectivity index (χ3v) is 4.81. The molecule has 3 N–H and O–H groups in total. The quantitative estimate of drug-likeness (QED) is 0.730. The number of para-hydroxylation sites is 1. The molecule has 0 saturated carbocycles. The first-order valence-electron chi connectivity index (χ1n) is 7.23. The molecule has 0 aliphatic heterocycles. The van der Waals surface area contributed by atoms with E-state index in [9.17, 15) is 13.2 Å². The molecule has 1 aromatic carbocycles. The van der Waals surface area contributed by atoms with Gasteiger partial charge in [-0.25, -0.2) is 8.42 Å². The molecule has 0 saturated heterocycles. The van der Waals surface area contributed by atoms with Gasteiger partial charge < -0.3 is 15.0 Å². The van der Waals surface area contributed by atoms with Crippen LogP contribution in [-0.4, -0.2) is 32.6 Å². The number of primary amides is 1. The molecule has 0 bridgehead atoms. The number of nitrogens with zero attached hydrogens (tertiary/aromatic N) is 1. The van der Waals surface area contributed by atoms with E-state index in [1.807, 2.05) is 0 Å².